The number of likely N-dealkylation sites (N-methyl/N-ethyl adjacent to an activating group) is 1. The number of aromatic nitrogens is 2. The number of nitrogens with one attached hydrogen (secondary N) is 2. The predicted molar refractivity (Wildman–Crippen MR) is 89.0 cm³/mol. The van der Waals surface area contributed by atoms with Crippen LogP contribution in [0.3, 0.4) is 0 Å². The molecule has 21 heavy (non-hydrogen) atoms. The van der Waals surface area contributed by atoms with Crippen LogP contribution in [-0.4, -0.2) is 47.6 Å². The van der Waals surface area contributed by atoms with Gasteiger partial charge in [0, 0.05) is 31.1 Å². The number of rotatable bonds is 6. The zero-order valence-corrected chi connectivity index (χ0v) is 13.8. The van der Waals surface area contributed by atoms with Gasteiger partial charge in [-0.3, -0.25) is 0 Å². The van der Waals surface area contributed by atoms with E-state index in [9.17, 15) is 0 Å². The summed E-state index contributed by atoms with van der Waals surface area (Å²) in [6, 6.07) is 2.52. The fourth-order valence-electron chi connectivity index (χ4n) is 2.63. The molecule has 1 saturated heterocycles. The molecule has 0 aromatic carbocycles. The Morgan fingerprint density at radius 1 is 1.33 bits per heavy atom. The monoisotopic (exact) mass is 291 g/mol. The molecule has 1 unspecified atom stereocenters. The number of hydrogen-bond donors (Lipinski definition) is 2. The summed E-state index contributed by atoms with van der Waals surface area (Å²) in [6.07, 6.45) is 3.55. The van der Waals surface area contributed by atoms with Gasteiger partial charge in [-0.25, -0.2) is 9.97 Å². The van der Waals surface area contributed by atoms with Crippen LogP contribution in [0.4, 0.5) is 11.6 Å². The van der Waals surface area contributed by atoms with Crippen LogP contribution in [0.25, 0.3) is 0 Å². The average molecular weight is 291 g/mol. The first-order valence-corrected chi connectivity index (χ1v) is 8.16. The molecule has 0 saturated carbocycles. The molecule has 0 bridgehead atoms. The van der Waals surface area contributed by atoms with Gasteiger partial charge in [0.05, 0.1) is 0 Å². The van der Waals surface area contributed by atoms with Crippen LogP contribution in [0.5, 0.6) is 0 Å². The van der Waals surface area contributed by atoms with Crippen molar-refractivity contribution < 1.29 is 0 Å². The predicted octanol–water partition coefficient (Wildman–Crippen LogP) is 2.93. The Morgan fingerprint density at radius 2 is 2.10 bits per heavy atom. The molecule has 1 aromatic heterocycles. The molecule has 1 aromatic rings. The van der Waals surface area contributed by atoms with E-state index in [0.717, 1.165) is 37.0 Å². The summed E-state index contributed by atoms with van der Waals surface area (Å²) in [5, 5.41) is 6.97. The molecular weight excluding hydrogens is 262 g/mol. The minimum atomic E-state index is 0.336. The number of nitrogens with zero attached hydrogens (tertiary/aromatic N) is 3. The van der Waals surface area contributed by atoms with Crippen LogP contribution in [0.2, 0.25) is 0 Å². The lowest BCUT2D eigenvalue weighted by Gasteiger charge is -2.30. The molecule has 1 aliphatic rings. The van der Waals surface area contributed by atoms with E-state index in [2.05, 4.69) is 53.3 Å². The van der Waals surface area contributed by atoms with Crippen molar-refractivity contribution in [2.24, 2.45) is 0 Å². The fraction of sp³-hybridized carbons (Fsp3) is 0.750. The minimum Gasteiger partial charge on any atom is -0.370 e. The third kappa shape index (κ3) is 4.84. The van der Waals surface area contributed by atoms with E-state index in [1.54, 1.807) is 0 Å². The summed E-state index contributed by atoms with van der Waals surface area (Å²) in [5.41, 5.74) is 0. The number of anilines is 2. The van der Waals surface area contributed by atoms with E-state index < -0.39 is 0 Å². The second kappa shape index (κ2) is 7.59. The van der Waals surface area contributed by atoms with Gasteiger partial charge in [0.25, 0.3) is 0 Å². The van der Waals surface area contributed by atoms with Gasteiger partial charge in [-0.2, -0.15) is 0 Å². The molecule has 0 amide bonds. The van der Waals surface area contributed by atoms with E-state index >= 15 is 0 Å². The third-order valence-electron chi connectivity index (χ3n) is 3.79. The van der Waals surface area contributed by atoms with Gasteiger partial charge in [-0.1, -0.05) is 20.8 Å². The minimum absolute atomic E-state index is 0.336. The Bertz CT molecular complexity index is 446. The van der Waals surface area contributed by atoms with Gasteiger partial charge in [-0.15, -0.1) is 0 Å². The van der Waals surface area contributed by atoms with Gasteiger partial charge in [0.15, 0.2) is 0 Å². The molecule has 1 fully saturated rings. The summed E-state index contributed by atoms with van der Waals surface area (Å²) in [4.78, 5) is 11.7. The maximum atomic E-state index is 4.68. The molecule has 0 radical (unpaired) electrons. The highest BCUT2D eigenvalue weighted by Crippen LogP contribution is 2.19. The molecule has 0 aliphatic carbocycles. The van der Waals surface area contributed by atoms with Crippen LogP contribution < -0.4 is 10.6 Å². The zero-order valence-electron chi connectivity index (χ0n) is 13.8. The van der Waals surface area contributed by atoms with Crippen LogP contribution in [0, 0.1) is 0 Å². The van der Waals surface area contributed by atoms with Crippen molar-refractivity contribution in [2.75, 3.05) is 37.3 Å². The standard InChI is InChI=1S/C16H29N5/c1-5-8-17-14-10-15(20-16(19-14)12(2)3)18-13-7-6-9-21(4)11-13/h10,12-13H,5-9,11H2,1-4H3,(H2,17,18,19,20). The molecule has 2 N–H and O–H groups in total. The first kappa shape index (κ1) is 16.0. The zero-order chi connectivity index (χ0) is 15.2. The Labute approximate surface area is 128 Å². The second-order valence-corrected chi connectivity index (χ2v) is 6.32. The number of likely N-dealkylation sites (tertiary alicyclic amines) is 1. The normalized spacial score (nSPS) is 19.8. The highest BCUT2D eigenvalue weighted by Gasteiger charge is 2.18. The highest BCUT2D eigenvalue weighted by molar-refractivity contribution is 5.48. The lowest BCUT2D eigenvalue weighted by molar-refractivity contribution is 0.260. The van der Waals surface area contributed by atoms with Crippen LogP contribution in [0.1, 0.15) is 51.8 Å². The third-order valence-corrected chi connectivity index (χ3v) is 3.79. The lowest BCUT2D eigenvalue weighted by atomic mass is 10.1. The summed E-state index contributed by atoms with van der Waals surface area (Å²) in [7, 11) is 2.18. The smallest absolute Gasteiger partial charge is 0.135 e. The second-order valence-electron chi connectivity index (χ2n) is 6.32. The van der Waals surface area contributed by atoms with E-state index in [1.807, 2.05) is 6.07 Å². The van der Waals surface area contributed by atoms with Crippen molar-refractivity contribution in [3.8, 4) is 0 Å². The first-order valence-electron chi connectivity index (χ1n) is 8.16. The summed E-state index contributed by atoms with van der Waals surface area (Å²) in [6.45, 7) is 9.66. The molecule has 1 atom stereocenters. The van der Waals surface area contributed by atoms with E-state index in [4.69, 9.17) is 0 Å². The summed E-state index contributed by atoms with van der Waals surface area (Å²) in [5.74, 6) is 3.13. The largest absolute Gasteiger partial charge is 0.370 e. The van der Waals surface area contributed by atoms with Crippen LogP contribution in [-0.2, 0) is 0 Å². The van der Waals surface area contributed by atoms with Gasteiger partial charge in [-0.05, 0) is 32.9 Å². The maximum absolute atomic E-state index is 4.68. The van der Waals surface area contributed by atoms with Gasteiger partial charge in [0.1, 0.15) is 17.5 Å². The Morgan fingerprint density at radius 3 is 2.76 bits per heavy atom. The quantitative estimate of drug-likeness (QED) is 0.844. The molecular formula is C16H29N5. The molecule has 5 heteroatoms. The Kier molecular flexibility index (Phi) is 5.79. The van der Waals surface area contributed by atoms with Crippen LogP contribution >= 0.6 is 0 Å². The average Bonchev–Trinajstić information content (AvgIpc) is 2.45. The van der Waals surface area contributed by atoms with Crippen molar-refractivity contribution in [1.82, 2.24) is 14.9 Å². The van der Waals surface area contributed by atoms with Crippen LogP contribution in [0.15, 0.2) is 6.07 Å². The van der Waals surface area contributed by atoms with Gasteiger partial charge < -0.3 is 15.5 Å². The van der Waals surface area contributed by atoms with Crippen molar-refractivity contribution >= 4 is 11.6 Å². The maximum Gasteiger partial charge on any atom is 0.135 e. The topological polar surface area (TPSA) is 53.1 Å². The molecule has 0 spiro atoms. The number of piperidine rings is 1. The van der Waals surface area contributed by atoms with Crippen molar-refractivity contribution in [3.05, 3.63) is 11.9 Å². The van der Waals surface area contributed by atoms with E-state index in [0.29, 0.717) is 12.0 Å². The highest BCUT2D eigenvalue weighted by atomic mass is 15.2. The molecule has 5 nitrogen and oxygen atoms in total. The van der Waals surface area contributed by atoms with Gasteiger partial charge in [0.2, 0.25) is 0 Å². The lowest BCUT2D eigenvalue weighted by Crippen LogP contribution is -2.40. The Balaban J connectivity index is 2.11. The van der Waals surface area contributed by atoms with Crippen molar-refractivity contribution in [3.63, 3.8) is 0 Å². The number of hydrogen-bond acceptors (Lipinski definition) is 5. The summed E-state index contributed by atoms with van der Waals surface area (Å²) >= 11 is 0. The molecule has 1 aliphatic heterocycles. The van der Waals surface area contributed by atoms with Crippen molar-refractivity contribution in [1.29, 1.82) is 0 Å². The van der Waals surface area contributed by atoms with Crippen molar-refractivity contribution in [2.45, 2.75) is 52.0 Å². The molecule has 2 heterocycles. The van der Waals surface area contributed by atoms with E-state index in [1.165, 1.54) is 19.4 Å². The van der Waals surface area contributed by atoms with Gasteiger partial charge >= 0.3 is 0 Å². The molecule has 118 valence electrons. The molecule has 2 rings (SSSR count). The SMILES string of the molecule is CCCNc1cc(NC2CCCN(C)C2)nc(C(C)C)n1. The summed E-state index contributed by atoms with van der Waals surface area (Å²) < 4.78 is 0. The fourth-order valence-corrected chi connectivity index (χ4v) is 2.63. The van der Waals surface area contributed by atoms with E-state index in [-0.39, 0.29) is 0 Å². The first-order chi connectivity index (χ1) is 10.1. The Hall–Kier alpha value is -1.36.